The molecular formula is C18H29BrN2. The number of nitrogens with zero attached hydrogens (tertiary/aromatic N) is 1. The molecule has 1 aliphatic carbocycles. The van der Waals surface area contributed by atoms with Gasteiger partial charge >= 0.3 is 0 Å². The number of benzene rings is 1. The standard InChI is InChI=1S/C18H29BrN2/c1-4-5-10-21(17-7-8-17)18-9-6-16(19)11-15(18)13-20-12-14(2)3/h6,9,11,14,17,20H,4-5,7-8,10,12-13H2,1-3H3. The second-order valence-electron chi connectivity index (χ2n) is 6.58. The minimum atomic E-state index is 0.695. The Hall–Kier alpha value is -0.540. The highest BCUT2D eigenvalue weighted by Gasteiger charge is 2.29. The van der Waals surface area contributed by atoms with E-state index in [4.69, 9.17) is 0 Å². The summed E-state index contributed by atoms with van der Waals surface area (Å²) in [6, 6.07) is 7.54. The number of rotatable bonds is 9. The predicted molar refractivity (Wildman–Crippen MR) is 96.0 cm³/mol. The van der Waals surface area contributed by atoms with E-state index in [1.165, 1.54) is 48.0 Å². The zero-order valence-corrected chi connectivity index (χ0v) is 15.2. The van der Waals surface area contributed by atoms with Crippen molar-refractivity contribution in [2.75, 3.05) is 18.0 Å². The summed E-state index contributed by atoms with van der Waals surface area (Å²) in [6.45, 7) is 10.0. The van der Waals surface area contributed by atoms with Gasteiger partial charge in [0, 0.05) is 29.3 Å². The number of halogens is 1. The molecule has 1 fully saturated rings. The lowest BCUT2D eigenvalue weighted by Gasteiger charge is -2.27. The van der Waals surface area contributed by atoms with Crippen molar-refractivity contribution in [1.82, 2.24) is 5.32 Å². The lowest BCUT2D eigenvalue weighted by atomic mass is 10.1. The Labute approximate surface area is 138 Å². The van der Waals surface area contributed by atoms with Crippen molar-refractivity contribution in [3.05, 3.63) is 28.2 Å². The monoisotopic (exact) mass is 352 g/mol. The highest BCUT2D eigenvalue weighted by Crippen LogP contribution is 2.35. The Kier molecular flexibility index (Phi) is 6.56. The molecular weight excluding hydrogens is 324 g/mol. The molecule has 0 bridgehead atoms. The first-order valence-electron chi connectivity index (χ1n) is 8.37. The fourth-order valence-corrected chi connectivity index (χ4v) is 3.09. The zero-order valence-electron chi connectivity index (χ0n) is 13.7. The predicted octanol–water partition coefficient (Wildman–Crippen LogP) is 4.96. The second-order valence-corrected chi connectivity index (χ2v) is 7.49. The Morgan fingerprint density at radius 2 is 2.10 bits per heavy atom. The van der Waals surface area contributed by atoms with Gasteiger partial charge in [0.05, 0.1) is 0 Å². The summed E-state index contributed by atoms with van der Waals surface area (Å²) in [5, 5.41) is 3.59. The van der Waals surface area contributed by atoms with E-state index in [0.29, 0.717) is 5.92 Å². The molecule has 1 aromatic rings. The van der Waals surface area contributed by atoms with E-state index < -0.39 is 0 Å². The molecule has 1 N–H and O–H groups in total. The Morgan fingerprint density at radius 1 is 1.33 bits per heavy atom. The van der Waals surface area contributed by atoms with Crippen molar-refractivity contribution < 1.29 is 0 Å². The average molecular weight is 353 g/mol. The second kappa shape index (κ2) is 8.19. The molecule has 0 saturated heterocycles. The van der Waals surface area contributed by atoms with Crippen molar-refractivity contribution in [2.45, 2.75) is 59.0 Å². The minimum Gasteiger partial charge on any atom is -0.368 e. The number of hydrogen-bond acceptors (Lipinski definition) is 2. The van der Waals surface area contributed by atoms with Crippen LogP contribution in [0.3, 0.4) is 0 Å². The van der Waals surface area contributed by atoms with Gasteiger partial charge in [0.1, 0.15) is 0 Å². The van der Waals surface area contributed by atoms with E-state index in [-0.39, 0.29) is 0 Å². The molecule has 0 unspecified atom stereocenters. The highest BCUT2D eigenvalue weighted by molar-refractivity contribution is 9.10. The Morgan fingerprint density at radius 3 is 2.71 bits per heavy atom. The zero-order chi connectivity index (χ0) is 15.2. The number of anilines is 1. The fourth-order valence-electron chi connectivity index (χ4n) is 2.69. The SMILES string of the molecule is CCCCN(c1ccc(Br)cc1CNCC(C)C)C1CC1. The molecule has 21 heavy (non-hydrogen) atoms. The molecule has 0 heterocycles. The maximum atomic E-state index is 3.63. The third-order valence-electron chi connectivity index (χ3n) is 3.96. The van der Waals surface area contributed by atoms with Gasteiger partial charge in [-0.25, -0.2) is 0 Å². The molecule has 1 aromatic carbocycles. The van der Waals surface area contributed by atoms with E-state index in [1.54, 1.807) is 0 Å². The molecule has 2 nitrogen and oxygen atoms in total. The van der Waals surface area contributed by atoms with E-state index in [1.807, 2.05) is 0 Å². The van der Waals surface area contributed by atoms with Crippen molar-refractivity contribution in [3.63, 3.8) is 0 Å². The molecule has 3 heteroatoms. The van der Waals surface area contributed by atoms with Crippen LogP contribution in [0, 0.1) is 5.92 Å². The molecule has 1 aliphatic rings. The van der Waals surface area contributed by atoms with Crippen molar-refractivity contribution in [3.8, 4) is 0 Å². The molecule has 1 saturated carbocycles. The van der Waals surface area contributed by atoms with Gasteiger partial charge in [-0.2, -0.15) is 0 Å². The van der Waals surface area contributed by atoms with Gasteiger partial charge in [0.2, 0.25) is 0 Å². The normalized spacial score (nSPS) is 14.7. The molecule has 0 atom stereocenters. The maximum Gasteiger partial charge on any atom is 0.0415 e. The number of unbranched alkanes of at least 4 members (excludes halogenated alkanes) is 1. The first kappa shape index (κ1) is 16.8. The van der Waals surface area contributed by atoms with Gasteiger partial charge in [-0.1, -0.05) is 43.1 Å². The van der Waals surface area contributed by atoms with Crippen molar-refractivity contribution in [2.24, 2.45) is 5.92 Å². The van der Waals surface area contributed by atoms with Crippen LogP contribution >= 0.6 is 15.9 Å². The molecule has 0 amide bonds. The number of nitrogens with one attached hydrogen (secondary N) is 1. The van der Waals surface area contributed by atoms with E-state index in [0.717, 1.165) is 19.1 Å². The largest absolute Gasteiger partial charge is 0.368 e. The minimum absolute atomic E-state index is 0.695. The third kappa shape index (κ3) is 5.30. The lowest BCUT2D eigenvalue weighted by molar-refractivity contribution is 0.551. The van der Waals surface area contributed by atoms with Crippen LogP contribution in [0.1, 0.15) is 52.0 Å². The van der Waals surface area contributed by atoms with Crippen LogP contribution in [0.2, 0.25) is 0 Å². The summed E-state index contributed by atoms with van der Waals surface area (Å²) in [4.78, 5) is 2.64. The van der Waals surface area contributed by atoms with Gasteiger partial charge in [0.15, 0.2) is 0 Å². The first-order valence-corrected chi connectivity index (χ1v) is 9.17. The fraction of sp³-hybridized carbons (Fsp3) is 0.667. The molecule has 0 aromatic heterocycles. The molecule has 0 spiro atoms. The summed E-state index contributed by atoms with van der Waals surface area (Å²) in [7, 11) is 0. The van der Waals surface area contributed by atoms with Crippen LogP contribution in [0.5, 0.6) is 0 Å². The molecule has 118 valence electrons. The van der Waals surface area contributed by atoms with Gasteiger partial charge in [-0.3, -0.25) is 0 Å². The first-order chi connectivity index (χ1) is 10.1. The van der Waals surface area contributed by atoms with Gasteiger partial charge in [0.25, 0.3) is 0 Å². The summed E-state index contributed by atoms with van der Waals surface area (Å²) in [5.74, 6) is 0.695. The van der Waals surface area contributed by atoms with Crippen LogP contribution in [-0.2, 0) is 6.54 Å². The van der Waals surface area contributed by atoms with Gasteiger partial charge in [-0.05, 0) is 55.5 Å². The Balaban J connectivity index is 2.11. The average Bonchev–Trinajstić information content (AvgIpc) is 3.25. The van der Waals surface area contributed by atoms with E-state index >= 15 is 0 Å². The number of hydrogen-bond donors (Lipinski definition) is 1. The van der Waals surface area contributed by atoms with Crippen LogP contribution < -0.4 is 10.2 Å². The van der Waals surface area contributed by atoms with E-state index in [9.17, 15) is 0 Å². The highest BCUT2D eigenvalue weighted by atomic mass is 79.9. The van der Waals surface area contributed by atoms with Crippen molar-refractivity contribution >= 4 is 21.6 Å². The molecule has 0 aliphatic heterocycles. The van der Waals surface area contributed by atoms with Crippen LogP contribution in [0.25, 0.3) is 0 Å². The third-order valence-corrected chi connectivity index (χ3v) is 4.45. The summed E-state index contributed by atoms with van der Waals surface area (Å²) < 4.78 is 1.18. The molecule has 0 radical (unpaired) electrons. The van der Waals surface area contributed by atoms with Crippen LogP contribution in [0.15, 0.2) is 22.7 Å². The summed E-state index contributed by atoms with van der Waals surface area (Å²) in [5.41, 5.74) is 2.86. The maximum absolute atomic E-state index is 3.63. The van der Waals surface area contributed by atoms with E-state index in [2.05, 4.69) is 65.1 Å². The topological polar surface area (TPSA) is 15.3 Å². The summed E-state index contributed by atoms with van der Waals surface area (Å²) in [6.07, 6.45) is 5.27. The van der Waals surface area contributed by atoms with Crippen molar-refractivity contribution in [1.29, 1.82) is 0 Å². The Bertz CT molecular complexity index is 441. The lowest BCUT2D eigenvalue weighted by Crippen LogP contribution is -2.29. The van der Waals surface area contributed by atoms with Crippen LogP contribution in [0.4, 0.5) is 5.69 Å². The smallest absolute Gasteiger partial charge is 0.0415 e. The summed E-state index contributed by atoms with van der Waals surface area (Å²) >= 11 is 3.63. The molecule has 2 rings (SSSR count). The van der Waals surface area contributed by atoms with Gasteiger partial charge < -0.3 is 10.2 Å². The quantitative estimate of drug-likeness (QED) is 0.675. The van der Waals surface area contributed by atoms with Crippen LogP contribution in [-0.4, -0.2) is 19.1 Å². The van der Waals surface area contributed by atoms with Gasteiger partial charge in [-0.15, -0.1) is 0 Å².